The van der Waals surface area contributed by atoms with Crippen molar-refractivity contribution in [2.45, 2.75) is 31.6 Å². The van der Waals surface area contributed by atoms with Crippen molar-refractivity contribution in [3.63, 3.8) is 0 Å². The van der Waals surface area contributed by atoms with Crippen LogP contribution in [-0.2, 0) is 6.42 Å². The van der Waals surface area contributed by atoms with E-state index in [2.05, 4.69) is 22.3 Å². The number of anilines is 1. The van der Waals surface area contributed by atoms with Crippen LogP contribution < -0.4 is 10.1 Å². The standard InChI is InChI=1S/C22H25ClN2O2/c23-18-7-4-16(5-8-18)3-1-2-12-25-14-20(15-25)27-19-9-10-21-17(13-19)6-11-22(26)24-21/h4-11,13,20,22,24,26H,1-3,12,14-15H2. The van der Waals surface area contributed by atoms with Crippen LogP contribution >= 0.6 is 11.6 Å². The highest BCUT2D eigenvalue weighted by Gasteiger charge is 2.27. The summed E-state index contributed by atoms with van der Waals surface area (Å²) in [5.74, 6) is 0.893. The first kappa shape index (κ1) is 18.4. The molecule has 2 N–H and O–H groups in total. The van der Waals surface area contributed by atoms with Gasteiger partial charge in [-0.25, -0.2) is 0 Å². The molecule has 0 radical (unpaired) electrons. The summed E-state index contributed by atoms with van der Waals surface area (Å²) in [4.78, 5) is 2.45. The SMILES string of the molecule is OC1C=Cc2cc(OC3CN(CCCCc4ccc(Cl)cc4)C3)ccc2N1. The molecule has 2 aromatic rings. The van der Waals surface area contributed by atoms with Gasteiger partial charge >= 0.3 is 0 Å². The van der Waals surface area contributed by atoms with E-state index in [1.807, 2.05) is 36.4 Å². The number of nitrogens with zero attached hydrogens (tertiary/aromatic N) is 1. The lowest BCUT2D eigenvalue weighted by Gasteiger charge is -2.39. The normalized spacial score (nSPS) is 19.3. The maximum Gasteiger partial charge on any atom is 0.144 e. The van der Waals surface area contributed by atoms with Gasteiger partial charge in [-0.2, -0.15) is 0 Å². The molecule has 2 aliphatic rings. The number of nitrogens with one attached hydrogen (secondary N) is 1. The zero-order chi connectivity index (χ0) is 18.6. The Kier molecular flexibility index (Phi) is 5.67. The van der Waals surface area contributed by atoms with Gasteiger partial charge in [0.1, 0.15) is 18.1 Å². The zero-order valence-electron chi connectivity index (χ0n) is 15.3. The van der Waals surface area contributed by atoms with Crippen LogP contribution in [0.5, 0.6) is 5.75 Å². The van der Waals surface area contributed by atoms with E-state index in [1.165, 1.54) is 18.4 Å². The summed E-state index contributed by atoms with van der Waals surface area (Å²) in [5.41, 5.74) is 3.34. The van der Waals surface area contributed by atoms with Gasteiger partial charge in [-0.15, -0.1) is 0 Å². The molecule has 5 heteroatoms. The molecule has 2 aliphatic heterocycles. The Morgan fingerprint density at radius 3 is 2.74 bits per heavy atom. The second-order valence-electron chi connectivity index (χ2n) is 7.28. The zero-order valence-corrected chi connectivity index (χ0v) is 16.0. The molecule has 4 rings (SSSR count). The number of halogens is 1. The van der Waals surface area contributed by atoms with Crippen molar-refractivity contribution in [1.82, 2.24) is 4.90 Å². The Bertz CT molecular complexity index is 800. The molecule has 0 aromatic heterocycles. The van der Waals surface area contributed by atoms with Gasteiger partial charge in [0.05, 0.1) is 0 Å². The molecule has 142 valence electrons. The second-order valence-corrected chi connectivity index (χ2v) is 7.72. The fourth-order valence-electron chi connectivity index (χ4n) is 3.57. The smallest absolute Gasteiger partial charge is 0.144 e. The third-order valence-electron chi connectivity index (χ3n) is 5.11. The quantitative estimate of drug-likeness (QED) is 0.703. The fourth-order valence-corrected chi connectivity index (χ4v) is 3.70. The Labute approximate surface area is 165 Å². The lowest BCUT2D eigenvalue weighted by Crippen LogP contribution is -2.53. The van der Waals surface area contributed by atoms with Crippen molar-refractivity contribution < 1.29 is 9.84 Å². The molecular formula is C22H25ClN2O2. The number of fused-ring (bicyclic) bond motifs is 1. The van der Waals surface area contributed by atoms with Crippen LogP contribution in [0.25, 0.3) is 6.08 Å². The third kappa shape index (κ3) is 4.83. The number of unbranched alkanes of at least 4 members (excludes halogenated alkanes) is 1. The average molecular weight is 385 g/mol. The van der Waals surface area contributed by atoms with Crippen LogP contribution in [0.15, 0.2) is 48.5 Å². The van der Waals surface area contributed by atoms with Crippen LogP contribution in [-0.4, -0.2) is 42.0 Å². The van der Waals surface area contributed by atoms with Crippen molar-refractivity contribution in [3.8, 4) is 5.75 Å². The molecule has 27 heavy (non-hydrogen) atoms. The van der Waals surface area contributed by atoms with E-state index in [-0.39, 0.29) is 6.10 Å². The Balaban J connectivity index is 1.15. The van der Waals surface area contributed by atoms with Gasteiger partial charge in [-0.05, 0) is 67.8 Å². The molecule has 0 spiro atoms. The highest BCUT2D eigenvalue weighted by atomic mass is 35.5. The first-order valence-electron chi connectivity index (χ1n) is 9.56. The predicted molar refractivity (Wildman–Crippen MR) is 110 cm³/mol. The molecule has 0 amide bonds. The summed E-state index contributed by atoms with van der Waals surface area (Å²) < 4.78 is 6.08. The molecule has 2 heterocycles. The molecule has 4 nitrogen and oxygen atoms in total. The van der Waals surface area contributed by atoms with E-state index in [0.717, 1.165) is 48.1 Å². The van der Waals surface area contributed by atoms with Crippen LogP contribution in [0.4, 0.5) is 5.69 Å². The van der Waals surface area contributed by atoms with Gasteiger partial charge < -0.3 is 15.2 Å². The summed E-state index contributed by atoms with van der Waals surface area (Å²) in [7, 11) is 0. The molecule has 0 aliphatic carbocycles. The van der Waals surface area contributed by atoms with Gasteiger partial charge in [0, 0.05) is 29.4 Å². The van der Waals surface area contributed by atoms with E-state index in [1.54, 1.807) is 6.08 Å². The van der Waals surface area contributed by atoms with E-state index in [9.17, 15) is 5.11 Å². The molecule has 1 fully saturated rings. The predicted octanol–water partition coefficient (Wildman–Crippen LogP) is 4.18. The topological polar surface area (TPSA) is 44.7 Å². The minimum Gasteiger partial charge on any atom is -0.488 e. The van der Waals surface area contributed by atoms with E-state index >= 15 is 0 Å². The number of hydrogen-bond acceptors (Lipinski definition) is 4. The number of likely N-dealkylation sites (tertiary alicyclic amines) is 1. The summed E-state index contributed by atoms with van der Waals surface area (Å²) in [5, 5.41) is 13.4. The molecule has 1 unspecified atom stereocenters. The fraction of sp³-hybridized carbons (Fsp3) is 0.364. The summed E-state index contributed by atoms with van der Waals surface area (Å²) in [6, 6.07) is 14.1. The number of rotatable bonds is 7. The summed E-state index contributed by atoms with van der Waals surface area (Å²) in [6.45, 7) is 3.11. The number of ether oxygens (including phenoxy) is 1. The van der Waals surface area contributed by atoms with Crippen molar-refractivity contribution in [1.29, 1.82) is 0 Å². The molecular weight excluding hydrogens is 360 g/mol. The summed E-state index contributed by atoms with van der Waals surface area (Å²) in [6.07, 6.45) is 6.83. The van der Waals surface area contributed by atoms with Gasteiger partial charge in [-0.1, -0.05) is 29.8 Å². The largest absolute Gasteiger partial charge is 0.488 e. The third-order valence-corrected chi connectivity index (χ3v) is 5.37. The maximum atomic E-state index is 9.57. The minimum absolute atomic E-state index is 0.269. The van der Waals surface area contributed by atoms with Gasteiger partial charge in [0.15, 0.2) is 0 Å². The molecule has 0 bridgehead atoms. The van der Waals surface area contributed by atoms with Crippen molar-refractivity contribution >= 4 is 23.4 Å². The Morgan fingerprint density at radius 2 is 1.93 bits per heavy atom. The lowest BCUT2D eigenvalue weighted by molar-refractivity contribution is 0.0192. The Hall–Kier alpha value is -2.01. The van der Waals surface area contributed by atoms with Crippen LogP contribution in [0.3, 0.4) is 0 Å². The van der Waals surface area contributed by atoms with Crippen LogP contribution in [0.1, 0.15) is 24.0 Å². The highest BCUT2D eigenvalue weighted by Crippen LogP contribution is 2.28. The minimum atomic E-state index is -0.607. The van der Waals surface area contributed by atoms with Crippen molar-refractivity contribution in [2.24, 2.45) is 0 Å². The molecule has 0 saturated carbocycles. The van der Waals surface area contributed by atoms with E-state index in [0.29, 0.717) is 0 Å². The number of benzene rings is 2. The lowest BCUT2D eigenvalue weighted by atomic mass is 10.1. The number of aryl methyl sites for hydroxylation is 1. The van der Waals surface area contributed by atoms with Gasteiger partial charge in [0.25, 0.3) is 0 Å². The van der Waals surface area contributed by atoms with E-state index in [4.69, 9.17) is 16.3 Å². The first-order chi connectivity index (χ1) is 13.2. The van der Waals surface area contributed by atoms with Crippen molar-refractivity contribution in [2.75, 3.05) is 25.0 Å². The maximum absolute atomic E-state index is 9.57. The number of hydrogen-bond donors (Lipinski definition) is 2. The molecule has 1 atom stereocenters. The van der Waals surface area contributed by atoms with Crippen LogP contribution in [0, 0.1) is 0 Å². The second kappa shape index (κ2) is 8.34. The first-order valence-corrected chi connectivity index (χ1v) is 9.94. The van der Waals surface area contributed by atoms with Gasteiger partial charge in [-0.3, -0.25) is 4.90 Å². The Morgan fingerprint density at radius 1 is 1.11 bits per heavy atom. The average Bonchev–Trinajstić information content (AvgIpc) is 2.64. The van der Waals surface area contributed by atoms with Crippen molar-refractivity contribution in [3.05, 3.63) is 64.7 Å². The summed E-state index contributed by atoms with van der Waals surface area (Å²) >= 11 is 5.92. The molecule has 1 saturated heterocycles. The monoisotopic (exact) mass is 384 g/mol. The van der Waals surface area contributed by atoms with E-state index < -0.39 is 6.23 Å². The van der Waals surface area contributed by atoms with Crippen LogP contribution in [0.2, 0.25) is 5.02 Å². The van der Waals surface area contributed by atoms with Gasteiger partial charge in [0.2, 0.25) is 0 Å². The molecule has 2 aromatic carbocycles. The number of aliphatic hydroxyl groups is 1. The highest BCUT2D eigenvalue weighted by molar-refractivity contribution is 6.30. The number of aliphatic hydroxyl groups excluding tert-OH is 1.